The number of nitrogens with two attached hydrogens (primary N) is 1. The summed E-state index contributed by atoms with van der Waals surface area (Å²) in [5.74, 6) is 1.58. The lowest BCUT2D eigenvalue weighted by Crippen LogP contribution is -2.21. The van der Waals surface area contributed by atoms with Crippen molar-refractivity contribution in [1.82, 2.24) is 10.2 Å². The highest BCUT2D eigenvalue weighted by molar-refractivity contribution is 5.71. The second-order valence-electron chi connectivity index (χ2n) is 6.70. The van der Waals surface area contributed by atoms with E-state index in [-0.39, 0.29) is 5.88 Å². The van der Waals surface area contributed by atoms with E-state index in [0.717, 1.165) is 33.9 Å². The molecule has 7 heteroatoms. The maximum absolute atomic E-state index is 9.81. The highest BCUT2D eigenvalue weighted by Gasteiger charge is 2.35. The minimum Gasteiger partial charge on any atom is -0.494 e. The molecule has 7 nitrogen and oxygen atoms in total. The van der Waals surface area contributed by atoms with E-state index in [2.05, 4.69) is 16.3 Å². The van der Waals surface area contributed by atoms with Crippen LogP contribution in [0.2, 0.25) is 0 Å². The summed E-state index contributed by atoms with van der Waals surface area (Å²) >= 11 is 0. The summed E-state index contributed by atoms with van der Waals surface area (Å²) in [6, 6.07) is 17.5. The third-order valence-corrected chi connectivity index (χ3v) is 4.92. The van der Waals surface area contributed by atoms with Crippen LogP contribution in [0.4, 0.5) is 0 Å². The summed E-state index contributed by atoms with van der Waals surface area (Å²) in [5.41, 5.74) is 9.75. The fourth-order valence-corrected chi connectivity index (χ4v) is 3.61. The number of nitrogens with zero attached hydrogens (tertiary/aromatic N) is 2. The van der Waals surface area contributed by atoms with Crippen molar-refractivity contribution >= 4 is 0 Å². The molecule has 1 aliphatic heterocycles. The van der Waals surface area contributed by atoms with Gasteiger partial charge in [0, 0.05) is 5.56 Å². The molecule has 3 N–H and O–H groups in total. The van der Waals surface area contributed by atoms with Crippen LogP contribution in [0.25, 0.3) is 11.3 Å². The number of aromatic nitrogens is 2. The maximum atomic E-state index is 9.81. The van der Waals surface area contributed by atoms with Gasteiger partial charge < -0.3 is 19.9 Å². The number of rotatable bonds is 6. The van der Waals surface area contributed by atoms with Gasteiger partial charge in [0.1, 0.15) is 23.1 Å². The number of nitriles is 1. The standard InChI is InChI=1S/C23H22N4O3/c1-3-28-16-9-5-14(6-10-16)19-18(13-24)22(25)30-23-20(19)21(26-27-23)15-7-11-17(12-8-15)29-4-2/h5-12,19H,3-4,25H2,1-2H3,(H,26,27)/t19-/m0/s1. The third kappa shape index (κ3) is 3.44. The number of aromatic amines is 1. The molecule has 0 amide bonds. The van der Waals surface area contributed by atoms with Crippen molar-refractivity contribution in [3.8, 4) is 34.7 Å². The Kier molecular flexibility index (Phi) is 5.31. The molecule has 0 bridgehead atoms. The molecule has 152 valence electrons. The molecular formula is C23H22N4O3. The fourth-order valence-electron chi connectivity index (χ4n) is 3.61. The molecule has 0 radical (unpaired) electrons. The van der Waals surface area contributed by atoms with Crippen LogP contribution in [-0.2, 0) is 0 Å². The monoisotopic (exact) mass is 402 g/mol. The fraction of sp³-hybridized carbons (Fsp3) is 0.217. The summed E-state index contributed by atoms with van der Waals surface area (Å²) < 4.78 is 16.7. The van der Waals surface area contributed by atoms with E-state index in [9.17, 15) is 5.26 Å². The number of H-pyrrole nitrogens is 1. The van der Waals surface area contributed by atoms with Gasteiger partial charge in [-0.05, 0) is 55.8 Å². The lowest BCUT2D eigenvalue weighted by atomic mass is 9.83. The quantitative estimate of drug-likeness (QED) is 0.643. The molecule has 0 aliphatic carbocycles. The molecule has 1 aromatic heterocycles. The van der Waals surface area contributed by atoms with E-state index in [4.69, 9.17) is 19.9 Å². The molecule has 0 fully saturated rings. The van der Waals surface area contributed by atoms with Crippen molar-refractivity contribution in [3.63, 3.8) is 0 Å². The van der Waals surface area contributed by atoms with Crippen LogP contribution in [-0.4, -0.2) is 23.4 Å². The average molecular weight is 402 g/mol. The zero-order valence-corrected chi connectivity index (χ0v) is 16.8. The summed E-state index contributed by atoms with van der Waals surface area (Å²) in [5, 5.41) is 17.2. The van der Waals surface area contributed by atoms with Crippen molar-refractivity contribution in [3.05, 3.63) is 71.1 Å². The Bertz CT molecular complexity index is 1110. The Morgan fingerprint density at radius 1 is 1.03 bits per heavy atom. The Morgan fingerprint density at radius 3 is 2.20 bits per heavy atom. The molecule has 1 atom stereocenters. The van der Waals surface area contributed by atoms with Gasteiger partial charge in [-0.15, -0.1) is 5.10 Å². The number of hydrogen-bond acceptors (Lipinski definition) is 6. The van der Waals surface area contributed by atoms with Crippen LogP contribution in [0.5, 0.6) is 17.4 Å². The number of allylic oxidation sites excluding steroid dienone is 1. The minimum absolute atomic E-state index is 0.0635. The van der Waals surface area contributed by atoms with Crippen molar-refractivity contribution in [2.45, 2.75) is 19.8 Å². The molecule has 0 saturated carbocycles. The van der Waals surface area contributed by atoms with E-state index in [1.165, 1.54) is 0 Å². The Labute approximate surface area is 174 Å². The number of benzene rings is 2. The predicted molar refractivity (Wildman–Crippen MR) is 112 cm³/mol. The minimum atomic E-state index is -0.408. The zero-order valence-electron chi connectivity index (χ0n) is 16.8. The van der Waals surface area contributed by atoms with Crippen LogP contribution >= 0.6 is 0 Å². The Balaban J connectivity index is 1.81. The van der Waals surface area contributed by atoms with Crippen LogP contribution in [0.15, 0.2) is 60.0 Å². The molecule has 30 heavy (non-hydrogen) atoms. The van der Waals surface area contributed by atoms with Crippen molar-refractivity contribution < 1.29 is 14.2 Å². The van der Waals surface area contributed by atoms with Gasteiger partial charge in [0.2, 0.25) is 11.8 Å². The molecule has 3 aromatic rings. The smallest absolute Gasteiger partial charge is 0.244 e. The largest absolute Gasteiger partial charge is 0.494 e. The molecule has 1 aliphatic rings. The first-order valence-corrected chi connectivity index (χ1v) is 9.78. The van der Waals surface area contributed by atoms with Gasteiger partial charge in [0.15, 0.2) is 0 Å². The van der Waals surface area contributed by atoms with Gasteiger partial charge in [0.25, 0.3) is 0 Å². The molecule has 0 spiro atoms. The summed E-state index contributed by atoms with van der Waals surface area (Å²) in [7, 11) is 0. The van der Waals surface area contributed by atoms with E-state index in [0.29, 0.717) is 24.7 Å². The Hall–Kier alpha value is -3.92. The molecular weight excluding hydrogens is 380 g/mol. The summed E-state index contributed by atoms with van der Waals surface area (Å²) in [6.45, 7) is 5.06. The first-order chi connectivity index (χ1) is 14.7. The second-order valence-corrected chi connectivity index (χ2v) is 6.70. The van der Waals surface area contributed by atoms with E-state index in [1.54, 1.807) is 0 Å². The van der Waals surface area contributed by atoms with E-state index < -0.39 is 5.92 Å². The van der Waals surface area contributed by atoms with Crippen LogP contribution in [0.3, 0.4) is 0 Å². The van der Waals surface area contributed by atoms with Crippen molar-refractivity contribution in [2.75, 3.05) is 13.2 Å². The number of fused-ring (bicyclic) bond motifs is 1. The van der Waals surface area contributed by atoms with Gasteiger partial charge >= 0.3 is 0 Å². The average Bonchev–Trinajstić information content (AvgIpc) is 3.18. The first kappa shape index (κ1) is 19.4. The zero-order chi connectivity index (χ0) is 21.1. The number of hydrogen-bond donors (Lipinski definition) is 2. The Morgan fingerprint density at radius 2 is 1.63 bits per heavy atom. The normalized spacial score (nSPS) is 15.2. The summed E-state index contributed by atoms with van der Waals surface area (Å²) in [4.78, 5) is 0. The van der Waals surface area contributed by atoms with Crippen molar-refractivity contribution in [2.24, 2.45) is 5.73 Å². The maximum Gasteiger partial charge on any atom is 0.244 e. The van der Waals surface area contributed by atoms with Gasteiger partial charge in [-0.25, -0.2) is 0 Å². The van der Waals surface area contributed by atoms with Crippen LogP contribution < -0.4 is 19.9 Å². The van der Waals surface area contributed by atoms with Crippen LogP contribution in [0, 0.1) is 11.3 Å². The number of ether oxygens (including phenoxy) is 3. The predicted octanol–water partition coefficient (Wildman–Crippen LogP) is 4.09. The molecule has 2 heterocycles. The van der Waals surface area contributed by atoms with Crippen LogP contribution in [0.1, 0.15) is 30.9 Å². The highest BCUT2D eigenvalue weighted by Crippen LogP contribution is 2.45. The molecule has 4 rings (SSSR count). The molecule has 2 aromatic carbocycles. The van der Waals surface area contributed by atoms with E-state index >= 15 is 0 Å². The highest BCUT2D eigenvalue weighted by atomic mass is 16.5. The van der Waals surface area contributed by atoms with Gasteiger partial charge in [0.05, 0.1) is 30.4 Å². The van der Waals surface area contributed by atoms with Gasteiger partial charge in [-0.1, -0.05) is 12.1 Å². The van der Waals surface area contributed by atoms with Crippen molar-refractivity contribution in [1.29, 1.82) is 5.26 Å². The molecule has 0 saturated heterocycles. The lowest BCUT2D eigenvalue weighted by Gasteiger charge is -2.24. The van der Waals surface area contributed by atoms with Gasteiger partial charge in [-0.2, -0.15) is 5.26 Å². The SMILES string of the molecule is CCOc1ccc(-c2[nH]nc3c2[C@@H](c2ccc(OCC)cc2)C(C#N)=C(N)O3)cc1. The lowest BCUT2D eigenvalue weighted by molar-refractivity contribution is 0.340. The third-order valence-electron chi connectivity index (χ3n) is 4.92. The van der Waals surface area contributed by atoms with E-state index in [1.807, 2.05) is 62.4 Å². The summed E-state index contributed by atoms with van der Waals surface area (Å²) in [6.07, 6.45) is 0. The van der Waals surface area contributed by atoms with Gasteiger partial charge in [-0.3, -0.25) is 5.10 Å². The second kappa shape index (κ2) is 8.21. The first-order valence-electron chi connectivity index (χ1n) is 9.78. The number of nitrogens with one attached hydrogen (secondary N) is 1. The topological polar surface area (TPSA) is 106 Å². The molecule has 0 unspecified atom stereocenters.